The third-order valence-electron chi connectivity index (χ3n) is 5.45. The zero-order valence-electron chi connectivity index (χ0n) is 17.9. The van der Waals surface area contributed by atoms with Gasteiger partial charge >= 0.3 is 0 Å². The lowest BCUT2D eigenvalue weighted by Gasteiger charge is -2.29. The maximum absolute atomic E-state index is 6.35. The molecule has 0 amide bonds. The lowest BCUT2D eigenvalue weighted by atomic mass is 9.93. The Balaban J connectivity index is 1.89. The minimum absolute atomic E-state index is 0.336. The number of benzene rings is 2. The number of methoxy groups -OCH3 is 1. The largest absolute Gasteiger partial charge is 0.496 e. The molecule has 0 unspecified atom stereocenters. The Morgan fingerprint density at radius 1 is 1.10 bits per heavy atom. The third kappa shape index (κ3) is 3.34. The number of ether oxygens (including phenoxy) is 1. The molecule has 0 aliphatic heterocycles. The van der Waals surface area contributed by atoms with Gasteiger partial charge in [0.05, 0.1) is 47.0 Å². The van der Waals surface area contributed by atoms with Crippen molar-refractivity contribution in [1.82, 2.24) is 10.1 Å². The van der Waals surface area contributed by atoms with Gasteiger partial charge in [-0.05, 0) is 45.4 Å². The van der Waals surface area contributed by atoms with Crippen LogP contribution < -0.4 is 15.8 Å². The Kier molecular flexibility index (Phi) is 4.86. The number of hydrogen-bond donors (Lipinski definition) is 2. The van der Waals surface area contributed by atoms with Crippen LogP contribution in [-0.2, 0) is 5.54 Å². The summed E-state index contributed by atoms with van der Waals surface area (Å²) in [5.74, 6) is 1.45. The van der Waals surface area contributed by atoms with E-state index in [0.717, 1.165) is 44.7 Å². The highest BCUT2D eigenvalue weighted by atomic mass is 16.5. The van der Waals surface area contributed by atoms with Crippen LogP contribution in [0.4, 0.5) is 11.4 Å². The number of aryl methyl sites for hydroxylation is 2. The first-order valence-electron chi connectivity index (χ1n) is 9.85. The number of pyridine rings is 1. The molecule has 2 heterocycles. The molecule has 154 valence electrons. The second-order valence-electron chi connectivity index (χ2n) is 7.97. The molecule has 2 aromatic carbocycles. The smallest absolute Gasteiger partial charge is 0.141 e. The van der Waals surface area contributed by atoms with E-state index in [-0.39, 0.29) is 5.54 Å². The van der Waals surface area contributed by atoms with Gasteiger partial charge in [-0.15, -0.1) is 0 Å². The van der Waals surface area contributed by atoms with Crippen molar-refractivity contribution in [3.63, 3.8) is 0 Å². The molecule has 0 bridgehead atoms. The zero-order chi connectivity index (χ0) is 21.5. The molecule has 0 fully saturated rings. The van der Waals surface area contributed by atoms with Gasteiger partial charge < -0.3 is 20.3 Å². The van der Waals surface area contributed by atoms with E-state index < -0.39 is 0 Å². The summed E-state index contributed by atoms with van der Waals surface area (Å²) in [6, 6.07) is 14.3. The van der Waals surface area contributed by atoms with E-state index in [1.807, 2.05) is 44.2 Å². The second-order valence-corrected chi connectivity index (χ2v) is 7.97. The van der Waals surface area contributed by atoms with Gasteiger partial charge in [0.25, 0.3) is 0 Å². The van der Waals surface area contributed by atoms with Gasteiger partial charge in [0.2, 0.25) is 0 Å². The predicted octanol–water partition coefficient (Wildman–Crippen LogP) is 5.44. The van der Waals surface area contributed by atoms with E-state index in [0.29, 0.717) is 11.4 Å². The summed E-state index contributed by atoms with van der Waals surface area (Å²) in [6.45, 7) is 8.07. The molecule has 0 aliphatic carbocycles. The first-order valence-corrected chi connectivity index (χ1v) is 9.85. The molecule has 0 saturated heterocycles. The van der Waals surface area contributed by atoms with E-state index in [9.17, 15) is 0 Å². The summed E-state index contributed by atoms with van der Waals surface area (Å²) in [6.07, 6.45) is 1.69. The van der Waals surface area contributed by atoms with Crippen molar-refractivity contribution in [2.75, 3.05) is 18.2 Å². The van der Waals surface area contributed by atoms with Gasteiger partial charge in [0, 0.05) is 10.9 Å². The molecule has 6 nitrogen and oxygen atoms in total. The number of hydrogen-bond acceptors (Lipinski definition) is 6. The minimum Gasteiger partial charge on any atom is -0.496 e. The quantitative estimate of drug-likeness (QED) is 0.462. The van der Waals surface area contributed by atoms with E-state index in [2.05, 4.69) is 41.4 Å². The molecule has 4 rings (SSSR count). The van der Waals surface area contributed by atoms with Crippen LogP contribution in [-0.4, -0.2) is 17.3 Å². The summed E-state index contributed by atoms with van der Waals surface area (Å²) in [7, 11) is 1.66. The Bertz CT molecular complexity index is 1190. The van der Waals surface area contributed by atoms with Crippen molar-refractivity contribution < 1.29 is 9.26 Å². The van der Waals surface area contributed by atoms with Crippen LogP contribution in [0.3, 0.4) is 0 Å². The van der Waals surface area contributed by atoms with Crippen molar-refractivity contribution in [3.8, 4) is 16.9 Å². The molecule has 2 aromatic heterocycles. The maximum Gasteiger partial charge on any atom is 0.141 e. The number of nitrogens with zero attached hydrogens (tertiary/aromatic N) is 2. The fourth-order valence-corrected chi connectivity index (χ4v) is 3.85. The topological polar surface area (TPSA) is 86.2 Å². The van der Waals surface area contributed by atoms with Crippen LogP contribution >= 0.6 is 0 Å². The monoisotopic (exact) mass is 402 g/mol. The molecule has 0 aliphatic rings. The Labute approximate surface area is 176 Å². The van der Waals surface area contributed by atoms with Crippen LogP contribution in [0.5, 0.6) is 5.75 Å². The summed E-state index contributed by atoms with van der Waals surface area (Å²) in [5, 5.41) is 8.60. The number of aromatic nitrogens is 2. The van der Waals surface area contributed by atoms with Gasteiger partial charge in [0.1, 0.15) is 11.5 Å². The lowest BCUT2D eigenvalue weighted by molar-refractivity contribution is 0.393. The molecule has 3 N–H and O–H groups in total. The summed E-state index contributed by atoms with van der Waals surface area (Å²) in [4.78, 5) is 4.58. The normalized spacial score (nSPS) is 11.6. The van der Waals surface area contributed by atoms with Crippen molar-refractivity contribution in [1.29, 1.82) is 0 Å². The van der Waals surface area contributed by atoms with Gasteiger partial charge in [0.15, 0.2) is 0 Å². The second kappa shape index (κ2) is 7.37. The van der Waals surface area contributed by atoms with Crippen molar-refractivity contribution in [2.24, 2.45) is 0 Å². The number of rotatable bonds is 5. The first-order chi connectivity index (χ1) is 14.3. The van der Waals surface area contributed by atoms with Crippen LogP contribution in [0.25, 0.3) is 22.0 Å². The molecule has 0 saturated carbocycles. The van der Waals surface area contributed by atoms with Gasteiger partial charge in [-0.2, -0.15) is 0 Å². The molecule has 0 spiro atoms. The Hall–Kier alpha value is -3.54. The van der Waals surface area contributed by atoms with E-state index in [1.54, 1.807) is 13.3 Å². The number of anilines is 2. The van der Waals surface area contributed by atoms with Gasteiger partial charge in [-0.25, -0.2) is 0 Å². The summed E-state index contributed by atoms with van der Waals surface area (Å²) in [5.41, 5.74) is 12.0. The van der Waals surface area contributed by atoms with Gasteiger partial charge in [-0.1, -0.05) is 35.5 Å². The van der Waals surface area contributed by atoms with Crippen LogP contribution in [0.2, 0.25) is 0 Å². The highest BCUT2D eigenvalue weighted by Crippen LogP contribution is 2.41. The molecular weight excluding hydrogens is 376 g/mol. The molecule has 30 heavy (non-hydrogen) atoms. The van der Waals surface area contributed by atoms with Crippen molar-refractivity contribution >= 4 is 22.3 Å². The highest BCUT2D eigenvalue weighted by molar-refractivity contribution is 6.01. The maximum atomic E-state index is 6.35. The number of nitrogen functional groups attached to an aromatic ring is 1. The first kappa shape index (κ1) is 19.8. The zero-order valence-corrected chi connectivity index (χ0v) is 17.9. The van der Waals surface area contributed by atoms with E-state index in [4.69, 9.17) is 15.0 Å². The number of fused-ring (bicyclic) bond motifs is 1. The molecule has 0 atom stereocenters. The summed E-state index contributed by atoms with van der Waals surface area (Å²) < 4.78 is 11.1. The number of nitrogens with one attached hydrogen (secondary N) is 1. The Morgan fingerprint density at radius 2 is 1.83 bits per heavy atom. The lowest BCUT2D eigenvalue weighted by Crippen LogP contribution is -2.28. The molecule has 0 radical (unpaired) electrons. The predicted molar refractivity (Wildman–Crippen MR) is 121 cm³/mol. The average molecular weight is 402 g/mol. The number of nitrogens with two attached hydrogens (primary N) is 1. The molecule has 4 aromatic rings. The average Bonchev–Trinajstić information content (AvgIpc) is 3.08. The SMILES string of the molecule is COc1cc2c(NC(C)(C)c3ccccc3)c(N)cnc2cc1-c1c(C)noc1C. The van der Waals surface area contributed by atoms with Crippen LogP contribution in [0, 0.1) is 13.8 Å². The van der Waals surface area contributed by atoms with E-state index in [1.165, 1.54) is 0 Å². The molecular formula is C24H26N4O2. The van der Waals surface area contributed by atoms with Crippen LogP contribution in [0.1, 0.15) is 30.9 Å². The minimum atomic E-state index is -0.336. The third-order valence-corrected chi connectivity index (χ3v) is 5.45. The fourth-order valence-electron chi connectivity index (χ4n) is 3.85. The van der Waals surface area contributed by atoms with Gasteiger partial charge in [-0.3, -0.25) is 4.98 Å². The fraction of sp³-hybridized carbons (Fsp3) is 0.250. The van der Waals surface area contributed by atoms with Crippen LogP contribution in [0.15, 0.2) is 53.2 Å². The molecule has 6 heteroatoms. The van der Waals surface area contributed by atoms with E-state index >= 15 is 0 Å². The standard InChI is InChI=1S/C24H26N4O2/c1-14-22(15(2)30-28-14)18-11-20-17(12-21(18)29-5)23(19(25)13-26-20)27-24(3,4)16-9-7-6-8-10-16/h6-13H,25H2,1-5H3,(H,26,27). The highest BCUT2D eigenvalue weighted by Gasteiger charge is 2.24. The summed E-state index contributed by atoms with van der Waals surface area (Å²) >= 11 is 0. The Morgan fingerprint density at radius 3 is 2.47 bits per heavy atom. The van der Waals surface area contributed by atoms with Crippen molar-refractivity contribution in [3.05, 3.63) is 65.7 Å². The van der Waals surface area contributed by atoms with Crippen molar-refractivity contribution in [2.45, 2.75) is 33.2 Å².